The van der Waals surface area contributed by atoms with Crippen molar-refractivity contribution < 1.29 is 12.8 Å². The van der Waals surface area contributed by atoms with Gasteiger partial charge in [0.1, 0.15) is 11.9 Å². The number of nitrogens with zero attached hydrogens (tertiary/aromatic N) is 2. The first-order valence-corrected chi connectivity index (χ1v) is 9.13. The fraction of sp³-hybridized carbons (Fsp3) is 0. The Balaban J connectivity index is 1.87. The zero-order chi connectivity index (χ0) is 18.6. The van der Waals surface area contributed by atoms with Gasteiger partial charge in [-0.25, -0.2) is 17.8 Å². The van der Waals surface area contributed by atoms with Crippen LogP contribution in [0.3, 0.4) is 0 Å². The second-order valence-electron chi connectivity index (χ2n) is 5.43. The zero-order valence-corrected chi connectivity index (χ0v) is 14.3. The lowest BCUT2D eigenvalue weighted by Gasteiger charge is -2.05. The van der Waals surface area contributed by atoms with E-state index in [0.29, 0.717) is 0 Å². The lowest BCUT2D eigenvalue weighted by molar-refractivity contribution is 0.592. The molecule has 0 unspecified atom stereocenters. The number of halogens is 1. The third kappa shape index (κ3) is 3.68. The van der Waals surface area contributed by atoms with Crippen LogP contribution in [0.2, 0.25) is 0 Å². The highest BCUT2D eigenvalue weighted by Crippen LogP contribution is 2.22. The van der Waals surface area contributed by atoms with Crippen molar-refractivity contribution in [3.05, 3.63) is 89.4 Å². The van der Waals surface area contributed by atoms with Gasteiger partial charge in [0.2, 0.25) is 9.84 Å². The molecule has 0 radical (unpaired) electrons. The van der Waals surface area contributed by atoms with Gasteiger partial charge < -0.3 is 0 Å². The van der Waals surface area contributed by atoms with Crippen LogP contribution in [0, 0.1) is 17.1 Å². The molecule has 0 aliphatic heterocycles. The maximum Gasteiger partial charge on any atom is 0.225 e. The van der Waals surface area contributed by atoms with Crippen LogP contribution in [0.1, 0.15) is 16.7 Å². The van der Waals surface area contributed by atoms with Crippen molar-refractivity contribution in [3.8, 4) is 6.07 Å². The summed E-state index contributed by atoms with van der Waals surface area (Å²) in [6.07, 6.45) is 4.94. The first-order valence-electron chi connectivity index (χ1n) is 7.64. The van der Waals surface area contributed by atoms with E-state index in [1.54, 1.807) is 36.4 Å². The number of hydrogen-bond acceptors (Lipinski definition) is 4. The SMILES string of the molecule is N#Cc1cccnc1S(=O)(=O)c1ccc(/C=C/c2ccc(F)cc2)cc1. The van der Waals surface area contributed by atoms with Crippen molar-refractivity contribution in [1.29, 1.82) is 5.26 Å². The Labute approximate surface area is 150 Å². The van der Waals surface area contributed by atoms with Crippen LogP contribution in [0.4, 0.5) is 4.39 Å². The lowest BCUT2D eigenvalue weighted by Crippen LogP contribution is -2.06. The van der Waals surface area contributed by atoms with Crippen molar-refractivity contribution in [3.63, 3.8) is 0 Å². The molecular weight excluding hydrogens is 351 g/mol. The van der Waals surface area contributed by atoms with Gasteiger partial charge in [-0.05, 0) is 47.5 Å². The fourth-order valence-corrected chi connectivity index (χ4v) is 3.65. The molecular formula is C20H13FN2O2S. The van der Waals surface area contributed by atoms with Crippen molar-refractivity contribution >= 4 is 22.0 Å². The molecule has 1 aromatic heterocycles. The first-order chi connectivity index (χ1) is 12.5. The number of aromatic nitrogens is 1. The molecule has 0 fully saturated rings. The number of rotatable bonds is 4. The Bertz CT molecular complexity index is 1100. The normalized spacial score (nSPS) is 11.4. The number of hydrogen-bond donors (Lipinski definition) is 0. The summed E-state index contributed by atoms with van der Waals surface area (Å²) in [5.74, 6) is -0.303. The third-order valence-electron chi connectivity index (χ3n) is 3.67. The average Bonchev–Trinajstić information content (AvgIpc) is 2.68. The van der Waals surface area contributed by atoms with E-state index < -0.39 is 9.84 Å². The number of benzene rings is 2. The molecule has 0 N–H and O–H groups in total. The third-order valence-corrected chi connectivity index (χ3v) is 5.40. The van der Waals surface area contributed by atoms with Gasteiger partial charge in [-0.2, -0.15) is 5.26 Å². The lowest BCUT2D eigenvalue weighted by atomic mass is 10.1. The Morgan fingerprint density at radius 3 is 2.08 bits per heavy atom. The minimum atomic E-state index is -3.87. The molecule has 2 aromatic carbocycles. The highest BCUT2D eigenvalue weighted by molar-refractivity contribution is 7.91. The van der Waals surface area contributed by atoms with Gasteiger partial charge in [0.05, 0.1) is 10.5 Å². The van der Waals surface area contributed by atoms with E-state index in [0.717, 1.165) is 11.1 Å². The number of sulfone groups is 1. The van der Waals surface area contributed by atoms with E-state index in [9.17, 15) is 12.8 Å². The van der Waals surface area contributed by atoms with Crippen LogP contribution in [0.15, 0.2) is 76.8 Å². The Kier molecular flexibility index (Phi) is 4.92. The van der Waals surface area contributed by atoms with Gasteiger partial charge in [0.15, 0.2) is 5.03 Å². The Morgan fingerprint density at radius 1 is 0.923 bits per heavy atom. The van der Waals surface area contributed by atoms with Gasteiger partial charge in [-0.3, -0.25) is 0 Å². The molecule has 0 atom stereocenters. The smallest absolute Gasteiger partial charge is 0.225 e. The quantitative estimate of drug-likeness (QED) is 0.654. The van der Waals surface area contributed by atoms with E-state index >= 15 is 0 Å². The molecule has 0 spiro atoms. The molecule has 3 aromatic rings. The van der Waals surface area contributed by atoms with Crippen LogP contribution in [-0.2, 0) is 9.84 Å². The molecule has 1 heterocycles. The van der Waals surface area contributed by atoms with Crippen LogP contribution < -0.4 is 0 Å². The summed E-state index contributed by atoms with van der Waals surface area (Å²) >= 11 is 0. The largest absolute Gasteiger partial charge is 0.243 e. The molecule has 3 rings (SSSR count). The summed E-state index contributed by atoms with van der Waals surface area (Å²) in [5.41, 5.74) is 1.62. The minimum Gasteiger partial charge on any atom is -0.243 e. The van der Waals surface area contributed by atoms with Crippen LogP contribution >= 0.6 is 0 Å². The molecule has 26 heavy (non-hydrogen) atoms. The summed E-state index contributed by atoms with van der Waals surface area (Å²) in [6, 6.07) is 17.1. The predicted molar refractivity (Wildman–Crippen MR) is 96.2 cm³/mol. The predicted octanol–water partition coefficient (Wildman–Crippen LogP) is 4.10. The highest BCUT2D eigenvalue weighted by Gasteiger charge is 2.22. The van der Waals surface area contributed by atoms with Crippen molar-refractivity contribution in [1.82, 2.24) is 4.98 Å². The molecule has 0 saturated heterocycles. The van der Waals surface area contributed by atoms with E-state index in [4.69, 9.17) is 5.26 Å². The van der Waals surface area contributed by atoms with E-state index in [1.165, 1.54) is 42.6 Å². The maximum absolute atomic E-state index is 12.9. The molecule has 0 aliphatic rings. The highest BCUT2D eigenvalue weighted by atomic mass is 32.2. The fourth-order valence-electron chi connectivity index (χ4n) is 2.33. The molecule has 128 valence electrons. The Hall–Kier alpha value is -3.30. The van der Waals surface area contributed by atoms with E-state index in [1.807, 2.05) is 6.07 Å². The van der Waals surface area contributed by atoms with E-state index in [2.05, 4.69) is 4.98 Å². The van der Waals surface area contributed by atoms with E-state index in [-0.39, 0.29) is 21.3 Å². The number of pyridine rings is 1. The van der Waals surface area contributed by atoms with Crippen molar-refractivity contribution in [2.75, 3.05) is 0 Å². The summed E-state index contributed by atoms with van der Waals surface area (Å²) in [4.78, 5) is 3.91. The monoisotopic (exact) mass is 364 g/mol. The van der Waals surface area contributed by atoms with Gasteiger partial charge in [0, 0.05) is 6.20 Å². The van der Waals surface area contributed by atoms with Gasteiger partial charge in [-0.1, -0.05) is 36.4 Å². The van der Waals surface area contributed by atoms with Crippen LogP contribution in [0.25, 0.3) is 12.2 Å². The molecule has 0 aliphatic carbocycles. The van der Waals surface area contributed by atoms with Gasteiger partial charge in [-0.15, -0.1) is 0 Å². The topological polar surface area (TPSA) is 70.8 Å². The second kappa shape index (κ2) is 7.30. The average molecular weight is 364 g/mol. The van der Waals surface area contributed by atoms with Crippen LogP contribution in [0.5, 0.6) is 0 Å². The summed E-state index contributed by atoms with van der Waals surface area (Å²) < 4.78 is 38.2. The minimum absolute atomic E-state index is 0.00721. The van der Waals surface area contributed by atoms with Gasteiger partial charge >= 0.3 is 0 Å². The summed E-state index contributed by atoms with van der Waals surface area (Å²) in [6.45, 7) is 0. The zero-order valence-electron chi connectivity index (χ0n) is 13.5. The molecule has 4 nitrogen and oxygen atoms in total. The standard InChI is InChI=1S/C20H13FN2O2S/c21-18-9-5-15(6-10-18)3-4-16-7-11-19(12-8-16)26(24,25)20-17(14-22)2-1-13-23-20/h1-13H/b4-3+. The second-order valence-corrected chi connectivity index (χ2v) is 7.29. The molecule has 0 amide bonds. The van der Waals surface area contributed by atoms with Crippen LogP contribution in [-0.4, -0.2) is 13.4 Å². The molecule has 0 bridgehead atoms. The maximum atomic E-state index is 12.9. The first kappa shape index (κ1) is 17.5. The molecule has 6 heteroatoms. The molecule has 0 saturated carbocycles. The van der Waals surface area contributed by atoms with Crippen molar-refractivity contribution in [2.45, 2.75) is 9.92 Å². The summed E-state index contributed by atoms with van der Waals surface area (Å²) in [7, 11) is -3.87. The Morgan fingerprint density at radius 2 is 1.50 bits per heavy atom. The summed E-state index contributed by atoms with van der Waals surface area (Å²) in [5, 5.41) is 8.83. The van der Waals surface area contributed by atoms with Gasteiger partial charge in [0.25, 0.3) is 0 Å². The van der Waals surface area contributed by atoms with Crippen molar-refractivity contribution in [2.24, 2.45) is 0 Å². The number of nitriles is 1.